The maximum atomic E-state index is 12.1. The number of furan rings is 1. The lowest BCUT2D eigenvalue weighted by Crippen LogP contribution is -2.13. The van der Waals surface area contributed by atoms with E-state index in [9.17, 15) is 4.79 Å². The van der Waals surface area contributed by atoms with Crippen LogP contribution in [0, 0.1) is 0 Å². The van der Waals surface area contributed by atoms with Crippen LogP contribution in [0.25, 0.3) is 0 Å². The van der Waals surface area contributed by atoms with Gasteiger partial charge in [-0.25, -0.2) is 0 Å². The van der Waals surface area contributed by atoms with Gasteiger partial charge >= 0.3 is 0 Å². The van der Waals surface area contributed by atoms with Crippen molar-refractivity contribution in [1.82, 2.24) is 0 Å². The molecule has 0 atom stereocenters. The Bertz CT molecular complexity index is 599. The van der Waals surface area contributed by atoms with Gasteiger partial charge in [0.25, 0.3) is 5.91 Å². The summed E-state index contributed by atoms with van der Waals surface area (Å²) in [6.07, 6.45) is 4.14. The van der Waals surface area contributed by atoms with Gasteiger partial charge in [-0.2, -0.15) is 0 Å². The molecular weight excluding hydrogens is 304 g/mol. The predicted octanol–water partition coefficient (Wildman–Crippen LogP) is 3.76. The van der Waals surface area contributed by atoms with Crippen molar-refractivity contribution < 1.29 is 14.3 Å². The Morgan fingerprint density at radius 1 is 1.18 bits per heavy atom. The van der Waals surface area contributed by atoms with Gasteiger partial charge in [0.1, 0.15) is 0 Å². The van der Waals surface area contributed by atoms with Gasteiger partial charge in [0.05, 0.1) is 17.6 Å². The molecule has 22 heavy (non-hydrogen) atoms. The highest BCUT2D eigenvalue weighted by molar-refractivity contribution is 6.31. The molecule has 2 aromatic rings. The molecule has 1 aromatic carbocycles. The van der Waals surface area contributed by atoms with Gasteiger partial charge in [-0.1, -0.05) is 11.6 Å². The first-order valence-electron chi connectivity index (χ1n) is 7.20. The molecule has 0 saturated heterocycles. The summed E-state index contributed by atoms with van der Waals surface area (Å²) < 4.78 is 5.07. The zero-order valence-corrected chi connectivity index (χ0v) is 12.9. The highest BCUT2D eigenvalue weighted by Crippen LogP contribution is 2.26. The number of hydrogen-bond acceptors (Lipinski definition) is 4. The lowest BCUT2D eigenvalue weighted by Gasteiger charge is -2.13. The number of halogens is 1. The molecule has 0 unspecified atom stereocenters. The summed E-state index contributed by atoms with van der Waals surface area (Å²) in [7, 11) is 0. The van der Waals surface area contributed by atoms with Gasteiger partial charge in [-0.3, -0.25) is 4.79 Å². The molecule has 118 valence electrons. The molecule has 0 aliphatic heterocycles. The molecule has 5 nitrogen and oxygen atoms in total. The molecule has 0 radical (unpaired) electrons. The Labute approximate surface area is 134 Å². The number of aliphatic hydroxyl groups is 1. The maximum Gasteiger partial charge on any atom is 0.291 e. The minimum atomic E-state index is -0.324. The minimum absolute atomic E-state index is 0.214. The predicted molar refractivity (Wildman–Crippen MR) is 87.5 cm³/mol. The van der Waals surface area contributed by atoms with Gasteiger partial charge in [-0.15, -0.1) is 0 Å². The van der Waals surface area contributed by atoms with E-state index in [4.69, 9.17) is 21.1 Å². The van der Waals surface area contributed by atoms with Crippen LogP contribution < -0.4 is 10.6 Å². The molecule has 0 saturated carbocycles. The lowest BCUT2D eigenvalue weighted by atomic mass is 10.2. The number of nitrogens with one attached hydrogen (secondary N) is 2. The van der Waals surface area contributed by atoms with Crippen molar-refractivity contribution in [3.05, 3.63) is 47.4 Å². The summed E-state index contributed by atoms with van der Waals surface area (Å²) in [6, 6.07) is 8.54. The summed E-state index contributed by atoms with van der Waals surface area (Å²) in [5.41, 5.74) is 1.41. The Balaban J connectivity index is 1.99. The number of rotatable bonds is 8. The third-order valence-corrected chi connectivity index (χ3v) is 3.36. The van der Waals surface area contributed by atoms with E-state index in [0.717, 1.165) is 31.5 Å². The number of carbonyl (C=O) groups excluding carboxylic acids is 1. The number of amides is 1. The maximum absolute atomic E-state index is 12.1. The topological polar surface area (TPSA) is 74.5 Å². The number of aliphatic hydroxyl groups excluding tert-OH is 1. The summed E-state index contributed by atoms with van der Waals surface area (Å²) in [5.74, 6) is -0.0792. The second-order valence-corrected chi connectivity index (χ2v) is 5.27. The molecule has 0 aliphatic carbocycles. The molecule has 1 amide bonds. The van der Waals surface area contributed by atoms with E-state index >= 15 is 0 Å². The largest absolute Gasteiger partial charge is 0.459 e. The summed E-state index contributed by atoms with van der Waals surface area (Å²) in [4.78, 5) is 12.1. The van der Waals surface area contributed by atoms with Crippen molar-refractivity contribution in [3.8, 4) is 0 Å². The summed E-state index contributed by atoms with van der Waals surface area (Å²) >= 11 is 6.00. The number of hydrogen-bond donors (Lipinski definition) is 3. The Morgan fingerprint density at radius 2 is 2.05 bits per heavy atom. The van der Waals surface area contributed by atoms with Crippen LogP contribution in [0.4, 0.5) is 11.4 Å². The molecule has 0 spiro atoms. The first-order valence-corrected chi connectivity index (χ1v) is 7.57. The normalized spacial score (nSPS) is 10.5. The number of benzene rings is 1. The van der Waals surface area contributed by atoms with E-state index in [0.29, 0.717) is 10.7 Å². The molecule has 1 aromatic heterocycles. The fraction of sp³-hybridized carbons (Fsp3) is 0.312. The molecule has 0 aliphatic rings. The monoisotopic (exact) mass is 322 g/mol. The highest BCUT2D eigenvalue weighted by Gasteiger charge is 2.11. The van der Waals surface area contributed by atoms with E-state index < -0.39 is 0 Å². The number of unbranched alkanes of at least 4 members (excludes halogenated alkanes) is 2. The first kappa shape index (κ1) is 16.4. The average Bonchev–Trinajstić information content (AvgIpc) is 3.03. The molecule has 1 heterocycles. The van der Waals surface area contributed by atoms with Crippen molar-refractivity contribution >= 4 is 28.9 Å². The first-order chi connectivity index (χ1) is 10.7. The van der Waals surface area contributed by atoms with Gasteiger partial charge in [0.2, 0.25) is 0 Å². The minimum Gasteiger partial charge on any atom is -0.459 e. The van der Waals surface area contributed by atoms with E-state index in [1.165, 1.54) is 6.26 Å². The average molecular weight is 323 g/mol. The Morgan fingerprint density at radius 3 is 2.77 bits per heavy atom. The van der Waals surface area contributed by atoms with E-state index in [1.807, 2.05) is 6.07 Å². The van der Waals surface area contributed by atoms with Gasteiger partial charge in [0, 0.05) is 18.2 Å². The van der Waals surface area contributed by atoms with Crippen LogP contribution >= 0.6 is 11.6 Å². The van der Waals surface area contributed by atoms with Crippen LogP contribution in [0.15, 0.2) is 41.0 Å². The van der Waals surface area contributed by atoms with Gasteiger partial charge in [0.15, 0.2) is 5.76 Å². The number of carbonyl (C=O) groups is 1. The molecule has 6 heteroatoms. The van der Waals surface area contributed by atoms with Crippen molar-refractivity contribution in [1.29, 1.82) is 0 Å². The second-order valence-electron chi connectivity index (χ2n) is 4.83. The molecule has 0 fully saturated rings. The van der Waals surface area contributed by atoms with Crippen molar-refractivity contribution in [3.63, 3.8) is 0 Å². The molecule has 3 N–H and O–H groups in total. The van der Waals surface area contributed by atoms with Crippen LogP contribution in [0.2, 0.25) is 5.02 Å². The summed E-state index contributed by atoms with van der Waals surface area (Å²) in [6.45, 7) is 0.969. The fourth-order valence-electron chi connectivity index (χ4n) is 2.00. The zero-order valence-electron chi connectivity index (χ0n) is 12.1. The lowest BCUT2D eigenvalue weighted by molar-refractivity contribution is 0.0996. The van der Waals surface area contributed by atoms with Crippen molar-refractivity contribution in [2.24, 2.45) is 0 Å². The third kappa shape index (κ3) is 4.79. The third-order valence-electron chi connectivity index (χ3n) is 3.13. The summed E-state index contributed by atoms with van der Waals surface area (Å²) in [5, 5.41) is 15.3. The quantitative estimate of drug-likeness (QED) is 0.647. The van der Waals surface area contributed by atoms with Crippen LogP contribution in [0.3, 0.4) is 0 Å². The molecular formula is C16H19ClN2O3. The van der Waals surface area contributed by atoms with Crippen LogP contribution in [0.1, 0.15) is 29.8 Å². The molecule has 0 bridgehead atoms. The number of anilines is 2. The SMILES string of the molecule is O=C(Nc1cc(Cl)ccc1NCCCCCO)c1ccco1. The Hall–Kier alpha value is -1.98. The van der Waals surface area contributed by atoms with Crippen molar-refractivity contribution in [2.75, 3.05) is 23.8 Å². The van der Waals surface area contributed by atoms with Crippen LogP contribution in [0.5, 0.6) is 0 Å². The standard InChI is InChI=1S/C16H19ClN2O3/c17-12-6-7-13(18-8-2-1-3-9-20)14(11-12)19-16(21)15-5-4-10-22-15/h4-7,10-11,18,20H,1-3,8-9H2,(H,19,21). The smallest absolute Gasteiger partial charge is 0.291 e. The van der Waals surface area contributed by atoms with E-state index in [1.54, 1.807) is 24.3 Å². The van der Waals surface area contributed by atoms with Crippen LogP contribution in [-0.4, -0.2) is 24.2 Å². The van der Waals surface area contributed by atoms with E-state index in [-0.39, 0.29) is 18.3 Å². The second kappa shape index (κ2) is 8.46. The highest BCUT2D eigenvalue weighted by atomic mass is 35.5. The Kier molecular flexibility index (Phi) is 6.30. The fourth-order valence-corrected chi connectivity index (χ4v) is 2.17. The van der Waals surface area contributed by atoms with Gasteiger partial charge < -0.3 is 20.2 Å². The van der Waals surface area contributed by atoms with E-state index in [2.05, 4.69) is 10.6 Å². The van der Waals surface area contributed by atoms with Crippen molar-refractivity contribution in [2.45, 2.75) is 19.3 Å². The van der Waals surface area contributed by atoms with Gasteiger partial charge in [-0.05, 0) is 49.6 Å². The van der Waals surface area contributed by atoms with Crippen LogP contribution in [-0.2, 0) is 0 Å². The zero-order chi connectivity index (χ0) is 15.8. The molecule has 2 rings (SSSR count).